The summed E-state index contributed by atoms with van der Waals surface area (Å²) in [4.78, 5) is 11.9. The molecule has 0 aromatic heterocycles. The molecular formula is C25H27F2NO3. The molecule has 1 aliphatic heterocycles. The fourth-order valence-corrected chi connectivity index (χ4v) is 4.66. The maximum Gasteiger partial charge on any atom is 0.260 e. The van der Waals surface area contributed by atoms with Gasteiger partial charge >= 0.3 is 0 Å². The van der Waals surface area contributed by atoms with Crippen molar-refractivity contribution in [1.82, 2.24) is 5.32 Å². The van der Waals surface area contributed by atoms with Crippen LogP contribution in [0.15, 0.2) is 48.5 Å². The van der Waals surface area contributed by atoms with Crippen molar-refractivity contribution in [2.45, 2.75) is 69.1 Å². The predicted octanol–water partition coefficient (Wildman–Crippen LogP) is 5.21. The van der Waals surface area contributed by atoms with Crippen LogP contribution in [0, 0.1) is 5.92 Å². The Balaban J connectivity index is 1.12. The molecule has 5 rings (SSSR count). The number of amides is 1. The fraction of sp³-hybridized carbons (Fsp3) is 0.480. The molecule has 2 aromatic carbocycles. The zero-order valence-electron chi connectivity index (χ0n) is 17.4. The van der Waals surface area contributed by atoms with Gasteiger partial charge in [-0.15, -0.1) is 0 Å². The topological polar surface area (TPSA) is 47.6 Å². The van der Waals surface area contributed by atoms with Crippen LogP contribution in [0.25, 0.3) is 0 Å². The highest BCUT2D eigenvalue weighted by atomic mass is 19.3. The Hall–Kier alpha value is -2.63. The molecule has 1 amide bonds. The van der Waals surface area contributed by atoms with Gasteiger partial charge in [-0.2, -0.15) is 0 Å². The smallest absolute Gasteiger partial charge is 0.260 e. The summed E-state index contributed by atoms with van der Waals surface area (Å²) in [5, 5.41) is 2.79. The molecule has 2 aliphatic carbocycles. The Labute approximate surface area is 180 Å². The van der Waals surface area contributed by atoms with Crippen LogP contribution >= 0.6 is 0 Å². The molecule has 164 valence electrons. The second kappa shape index (κ2) is 8.13. The normalized spacial score (nSPS) is 28.7. The molecule has 0 bridgehead atoms. The Bertz CT molecular complexity index is 941. The lowest BCUT2D eigenvalue weighted by atomic mass is 9.92. The average Bonchev–Trinajstić information content (AvgIpc) is 3.44. The second-order valence-corrected chi connectivity index (χ2v) is 8.94. The molecule has 2 aromatic rings. The molecule has 1 heterocycles. The largest absolute Gasteiger partial charge is 0.490 e. The lowest BCUT2D eigenvalue weighted by molar-refractivity contribution is -0.125. The van der Waals surface area contributed by atoms with Crippen LogP contribution in [0.4, 0.5) is 8.78 Å². The van der Waals surface area contributed by atoms with E-state index < -0.39 is 17.7 Å². The summed E-state index contributed by atoms with van der Waals surface area (Å²) >= 11 is 0. The number of hydrogen-bond donors (Lipinski definition) is 1. The number of aryl methyl sites for hydroxylation is 1. The van der Waals surface area contributed by atoms with Crippen LogP contribution in [0.3, 0.4) is 0 Å². The van der Waals surface area contributed by atoms with Gasteiger partial charge in [-0.05, 0) is 67.9 Å². The summed E-state index contributed by atoms with van der Waals surface area (Å²) in [6.07, 6.45) is 4.83. The maximum atomic E-state index is 13.0. The monoisotopic (exact) mass is 427 g/mol. The summed E-state index contributed by atoms with van der Waals surface area (Å²) in [5.41, 5.74) is 2.36. The number of benzene rings is 2. The zero-order chi connectivity index (χ0) is 21.4. The van der Waals surface area contributed by atoms with Crippen molar-refractivity contribution in [2.24, 2.45) is 5.92 Å². The van der Waals surface area contributed by atoms with Gasteiger partial charge in [0.25, 0.3) is 5.92 Å². The Morgan fingerprint density at radius 2 is 1.77 bits per heavy atom. The lowest BCUT2D eigenvalue weighted by Crippen LogP contribution is -2.41. The molecule has 2 saturated carbocycles. The molecule has 2 atom stereocenters. The second-order valence-electron chi connectivity index (χ2n) is 8.94. The van der Waals surface area contributed by atoms with E-state index in [1.165, 1.54) is 5.56 Å². The van der Waals surface area contributed by atoms with E-state index in [1.807, 2.05) is 30.3 Å². The molecule has 1 N–H and O–H groups in total. The van der Waals surface area contributed by atoms with Gasteiger partial charge in [0.1, 0.15) is 23.5 Å². The first kappa shape index (κ1) is 20.3. The van der Waals surface area contributed by atoms with E-state index in [0.717, 1.165) is 55.6 Å². The van der Waals surface area contributed by atoms with Gasteiger partial charge in [-0.3, -0.25) is 4.79 Å². The average molecular weight is 427 g/mol. The summed E-state index contributed by atoms with van der Waals surface area (Å²) < 4.78 is 38.5. The predicted molar refractivity (Wildman–Crippen MR) is 112 cm³/mol. The summed E-state index contributed by atoms with van der Waals surface area (Å²) in [6.45, 7) is 0. The van der Waals surface area contributed by atoms with Gasteiger partial charge in [-0.1, -0.05) is 30.3 Å². The van der Waals surface area contributed by atoms with Crippen LogP contribution in [-0.4, -0.2) is 24.0 Å². The van der Waals surface area contributed by atoms with E-state index in [0.29, 0.717) is 0 Å². The molecule has 31 heavy (non-hydrogen) atoms. The van der Waals surface area contributed by atoms with Crippen molar-refractivity contribution >= 4 is 5.91 Å². The van der Waals surface area contributed by atoms with Gasteiger partial charge in [0.05, 0.1) is 6.10 Å². The van der Waals surface area contributed by atoms with Crippen molar-refractivity contribution in [3.63, 3.8) is 0 Å². The maximum absolute atomic E-state index is 13.0. The zero-order valence-corrected chi connectivity index (χ0v) is 17.4. The van der Waals surface area contributed by atoms with Gasteiger partial charge in [0, 0.05) is 12.5 Å². The number of alkyl halides is 2. The van der Waals surface area contributed by atoms with Crippen molar-refractivity contribution in [2.75, 3.05) is 0 Å². The number of hydrogen-bond acceptors (Lipinski definition) is 3. The number of nitrogens with one attached hydrogen (secondary N) is 1. The number of rotatable bonds is 5. The summed E-state index contributed by atoms with van der Waals surface area (Å²) in [7, 11) is 0. The highest BCUT2D eigenvalue weighted by Crippen LogP contribution is 2.48. The highest BCUT2D eigenvalue weighted by Gasteiger charge is 2.61. The molecule has 0 saturated heterocycles. The van der Waals surface area contributed by atoms with Gasteiger partial charge in [-0.25, -0.2) is 8.78 Å². The standard InChI is InChI=1S/C25H27F2NO3/c26-25(27)15-21(25)24(29)28-18-7-9-19(10-8-18)30-20-11-13-23-17(14-20)6-12-22(31-23)16-4-2-1-3-5-16/h1-5,11,13-14,18-19,21-22H,6-10,12,15H2,(H,28,29)/t18-,19-,21?,22?. The lowest BCUT2D eigenvalue weighted by Gasteiger charge is -2.30. The third-order valence-electron chi connectivity index (χ3n) is 6.61. The summed E-state index contributed by atoms with van der Waals surface area (Å²) in [5.74, 6) is -2.68. The van der Waals surface area contributed by atoms with E-state index >= 15 is 0 Å². The van der Waals surface area contributed by atoms with Gasteiger partial charge in [0.15, 0.2) is 0 Å². The summed E-state index contributed by atoms with van der Waals surface area (Å²) in [6, 6.07) is 16.3. The first-order valence-corrected chi connectivity index (χ1v) is 11.2. The van der Waals surface area contributed by atoms with Gasteiger partial charge in [0.2, 0.25) is 5.91 Å². The number of halogens is 2. The van der Waals surface area contributed by atoms with Crippen LogP contribution < -0.4 is 14.8 Å². The van der Waals surface area contributed by atoms with E-state index in [-0.39, 0.29) is 24.7 Å². The van der Waals surface area contributed by atoms with Crippen LogP contribution in [0.5, 0.6) is 11.5 Å². The van der Waals surface area contributed by atoms with Gasteiger partial charge < -0.3 is 14.8 Å². The van der Waals surface area contributed by atoms with E-state index in [1.54, 1.807) is 0 Å². The Morgan fingerprint density at radius 3 is 2.48 bits per heavy atom. The molecule has 0 radical (unpaired) electrons. The van der Waals surface area contributed by atoms with Crippen molar-refractivity contribution in [1.29, 1.82) is 0 Å². The number of fused-ring (bicyclic) bond motifs is 1. The Kier molecular flexibility index (Phi) is 5.32. The quantitative estimate of drug-likeness (QED) is 0.712. The number of carbonyl (C=O) groups is 1. The third-order valence-corrected chi connectivity index (χ3v) is 6.61. The SMILES string of the molecule is O=C(N[C@H]1CC[C@H](Oc2ccc3c(c2)CCC(c2ccccc2)O3)CC1)C1CC1(F)F. The number of ether oxygens (including phenoxy) is 2. The van der Waals surface area contributed by atoms with Crippen molar-refractivity contribution in [3.8, 4) is 11.5 Å². The fourth-order valence-electron chi connectivity index (χ4n) is 4.66. The molecule has 3 aliphatic rings. The first-order chi connectivity index (χ1) is 15.0. The Morgan fingerprint density at radius 1 is 1.03 bits per heavy atom. The van der Waals surface area contributed by atoms with Crippen LogP contribution in [0.2, 0.25) is 0 Å². The molecule has 6 heteroatoms. The molecule has 0 spiro atoms. The van der Waals surface area contributed by atoms with E-state index in [4.69, 9.17) is 9.47 Å². The van der Waals surface area contributed by atoms with Crippen molar-refractivity contribution < 1.29 is 23.0 Å². The van der Waals surface area contributed by atoms with E-state index in [2.05, 4.69) is 23.5 Å². The van der Waals surface area contributed by atoms with Crippen LogP contribution in [-0.2, 0) is 11.2 Å². The molecule has 4 nitrogen and oxygen atoms in total. The minimum atomic E-state index is -2.80. The minimum absolute atomic E-state index is 0.0318. The molecule has 2 fully saturated rings. The molecular weight excluding hydrogens is 400 g/mol. The van der Waals surface area contributed by atoms with Crippen LogP contribution in [0.1, 0.15) is 55.8 Å². The number of carbonyl (C=O) groups excluding carboxylic acids is 1. The van der Waals surface area contributed by atoms with E-state index in [9.17, 15) is 13.6 Å². The highest BCUT2D eigenvalue weighted by molar-refractivity contribution is 5.83. The van der Waals surface area contributed by atoms with Crippen molar-refractivity contribution in [3.05, 3.63) is 59.7 Å². The first-order valence-electron chi connectivity index (χ1n) is 11.2. The molecule has 2 unspecified atom stereocenters. The minimum Gasteiger partial charge on any atom is -0.490 e. The third kappa shape index (κ3) is 4.53.